The van der Waals surface area contributed by atoms with E-state index < -0.39 is 11.7 Å². The smallest absolute Gasteiger partial charge is 0.356 e. The number of hydrogen-bond donors (Lipinski definition) is 2. The van der Waals surface area contributed by atoms with E-state index in [-0.39, 0.29) is 24.0 Å². The molecule has 0 bridgehead atoms. The molecule has 3 rings (SSSR count). The minimum atomic E-state index is -4.31. The molecule has 2 heterocycles. The fourth-order valence-electron chi connectivity index (χ4n) is 2.76. The summed E-state index contributed by atoms with van der Waals surface area (Å²) < 4.78 is 39.7. The van der Waals surface area contributed by atoms with Crippen molar-refractivity contribution in [2.45, 2.75) is 19.0 Å². The Labute approximate surface area is 183 Å². The van der Waals surface area contributed by atoms with Gasteiger partial charge in [-0.05, 0) is 36.2 Å². The van der Waals surface area contributed by atoms with Crippen molar-refractivity contribution in [3.8, 4) is 0 Å². The summed E-state index contributed by atoms with van der Waals surface area (Å²) in [7, 11) is 1.67. The number of benzene rings is 1. The molecule has 156 valence electrons. The minimum absolute atomic E-state index is 0. The second kappa shape index (κ2) is 10.4. The van der Waals surface area contributed by atoms with Gasteiger partial charge in [0, 0.05) is 32.8 Å². The molecule has 0 aliphatic rings. The fraction of sp³-hybridized carbons (Fsp3) is 0.316. The molecule has 0 unspecified atom stereocenters. The monoisotopic (exact) mass is 518 g/mol. The normalized spacial score (nSPS) is 11.9. The third kappa shape index (κ3) is 6.31. The fourth-order valence-corrected chi connectivity index (χ4v) is 2.76. The maximum absolute atomic E-state index is 12.6. The minimum Gasteiger partial charge on any atom is -0.356 e. The zero-order chi connectivity index (χ0) is 20.0. The van der Waals surface area contributed by atoms with Crippen LogP contribution in [0.15, 0.2) is 53.7 Å². The zero-order valence-corrected chi connectivity index (χ0v) is 18.1. The number of hydrogen-bond acceptors (Lipinski definition) is 3. The van der Waals surface area contributed by atoms with Gasteiger partial charge in [0.05, 0.1) is 5.56 Å². The van der Waals surface area contributed by atoms with Crippen LogP contribution in [0.1, 0.15) is 17.0 Å². The largest absolute Gasteiger partial charge is 0.416 e. The molecule has 0 saturated carbocycles. The van der Waals surface area contributed by atoms with Crippen molar-refractivity contribution in [2.24, 2.45) is 4.99 Å². The van der Waals surface area contributed by atoms with Crippen LogP contribution in [0.5, 0.6) is 0 Å². The Kier molecular flexibility index (Phi) is 8.23. The van der Waals surface area contributed by atoms with Gasteiger partial charge in [-0.25, -0.2) is 0 Å². The first-order chi connectivity index (χ1) is 13.5. The van der Waals surface area contributed by atoms with Crippen LogP contribution in [0.4, 0.5) is 13.2 Å². The molecule has 0 atom stereocenters. The number of alkyl halides is 3. The van der Waals surface area contributed by atoms with Gasteiger partial charge in [0.1, 0.15) is 5.82 Å². The number of aromatic nitrogens is 3. The maximum Gasteiger partial charge on any atom is 0.416 e. The lowest BCUT2D eigenvalue weighted by molar-refractivity contribution is -0.137. The average Bonchev–Trinajstić information content (AvgIpc) is 3.10. The quantitative estimate of drug-likeness (QED) is 0.299. The standard InChI is InChI=1S/C19H21F3N6.HI/c1-23-18(24-11-9-14-5-7-15(8-6-14)19(20,21)22)25-12-10-17-27-26-16-4-2-3-13-28(16)17;/h2-8,13H,9-12H2,1H3,(H2,23,24,25);1H. The Hall–Kier alpha value is -2.37. The van der Waals surface area contributed by atoms with Gasteiger partial charge in [-0.15, -0.1) is 34.2 Å². The summed E-state index contributed by atoms with van der Waals surface area (Å²) >= 11 is 0. The maximum atomic E-state index is 12.6. The van der Waals surface area contributed by atoms with E-state index >= 15 is 0 Å². The average molecular weight is 518 g/mol. The molecule has 3 aromatic rings. The number of halogens is 4. The van der Waals surface area contributed by atoms with Crippen molar-refractivity contribution in [3.63, 3.8) is 0 Å². The van der Waals surface area contributed by atoms with Crippen LogP contribution >= 0.6 is 24.0 Å². The molecule has 10 heteroatoms. The number of rotatable bonds is 6. The highest BCUT2D eigenvalue weighted by atomic mass is 127. The summed E-state index contributed by atoms with van der Waals surface area (Å²) in [5.74, 6) is 1.48. The topological polar surface area (TPSA) is 66.6 Å². The first-order valence-corrected chi connectivity index (χ1v) is 8.86. The summed E-state index contributed by atoms with van der Waals surface area (Å²) in [6.07, 6.45) is -1.13. The molecular formula is C19H22F3IN6. The number of guanidine groups is 1. The zero-order valence-electron chi connectivity index (χ0n) is 15.8. The summed E-state index contributed by atoms with van der Waals surface area (Å²) in [5, 5.41) is 14.6. The van der Waals surface area contributed by atoms with Crippen LogP contribution in [0.25, 0.3) is 5.65 Å². The van der Waals surface area contributed by atoms with Crippen LogP contribution < -0.4 is 10.6 Å². The SMILES string of the molecule is CN=C(NCCc1ccc(C(F)(F)F)cc1)NCCc1nnc2ccccn12.I. The Morgan fingerprint density at radius 1 is 1.00 bits per heavy atom. The van der Waals surface area contributed by atoms with Crippen molar-refractivity contribution in [1.82, 2.24) is 25.2 Å². The lowest BCUT2D eigenvalue weighted by Gasteiger charge is -2.12. The predicted octanol–water partition coefficient (Wildman–Crippen LogP) is 3.32. The van der Waals surface area contributed by atoms with Crippen molar-refractivity contribution in [1.29, 1.82) is 0 Å². The molecule has 29 heavy (non-hydrogen) atoms. The van der Waals surface area contributed by atoms with Gasteiger partial charge < -0.3 is 10.6 Å². The van der Waals surface area contributed by atoms with Gasteiger partial charge in [-0.3, -0.25) is 9.39 Å². The molecular weight excluding hydrogens is 496 g/mol. The van der Waals surface area contributed by atoms with Crippen molar-refractivity contribution in [2.75, 3.05) is 20.1 Å². The van der Waals surface area contributed by atoms with Crippen LogP contribution in [-0.4, -0.2) is 40.7 Å². The Morgan fingerprint density at radius 2 is 1.69 bits per heavy atom. The van der Waals surface area contributed by atoms with Gasteiger partial charge in [-0.2, -0.15) is 13.2 Å². The highest BCUT2D eigenvalue weighted by Crippen LogP contribution is 2.29. The summed E-state index contributed by atoms with van der Waals surface area (Å²) in [6, 6.07) is 10.9. The lowest BCUT2D eigenvalue weighted by atomic mass is 10.1. The molecule has 2 N–H and O–H groups in total. The number of aliphatic imine (C=N–C) groups is 1. The summed E-state index contributed by atoms with van der Waals surface area (Å²) in [5.41, 5.74) is 0.991. The second-order valence-corrected chi connectivity index (χ2v) is 6.17. The highest BCUT2D eigenvalue weighted by Gasteiger charge is 2.29. The number of nitrogens with zero attached hydrogens (tertiary/aromatic N) is 4. The van der Waals surface area contributed by atoms with Crippen LogP contribution in [0.2, 0.25) is 0 Å². The lowest BCUT2D eigenvalue weighted by Crippen LogP contribution is -2.39. The molecule has 0 saturated heterocycles. The number of fused-ring (bicyclic) bond motifs is 1. The highest BCUT2D eigenvalue weighted by molar-refractivity contribution is 14.0. The van der Waals surface area contributed by atoms with E-state index in [2.05, 4.69) is 25.8 Å². The Bertz CT molecular complexity index is 937. The van der Waals surface area contributed by atoms with Gasteiger partial charge in [-0.1, -0.05) is 18.2 Å². The summed E-state index contributed by atoms with van der Waals surface area (Å²) in [4.78, 5) is 4.15. The number of nitrogens with one attached hydrogen (secondary N) is 2. The van der Waals surface area contributed by atoms with Crippen LogP contribution in [-0.2, 0) is 19.0 Å². The third-order valence-corrected chi connectivity index (χ3v) is 4.24. The van der Waals surface area contributed by atoms with E-state index in [0.717, 1.165) is 29.2 Å². The molecule has 0 fully saturated rings. The summed E-state index contributed by atoms with van der Waals surface area (Å²) in [6.45, 7) is 1.18. The van der Waals surface area contributed by atoms with E-state index in [9.17, 15) is 13.2 Å². The van der Waals surface area contributed by atoms with E-state index in [1.807, 2.05) is 28.8 Å². The van der Waals surface area contributed by atoms with Crippen LogP contribution in [0, 0.1) is 0 Å². The van der Waals surface area contributed by atoms with Gasteiger partial charge in [0.2, 0.25) is 0 Å². The second-order valence-electron chi connectivity index (χ2n) is 6.17. The van der Waals surface area contributed by atoms with E-state index in [1.54, 1.807) is 7.05 Å². The Balaban J connectivity index is 0.00000300. The third-order valence-electron chi connectivity index (χ3n) is 4.24. The predicted molar refractivity (Wildman–Crippen MR) is 117 cm³/mol. The number of pyridine rings is 1. The van der Waals surface area contributed by atoms with E-state index in [4.69, 9.17) is 0 Å². The molecule has 0 aliphatic carbocycles. The van der Waals surface area contributed by atoms with Crippen molar-refractivity contribution in [3.05, 3.63) is 65.6 Å². The van der Waals surface area contributed by atoms with Gasteiger partial charge in [0.25, 0.3) is 0 Å². The van der Waals surface area contributed by atoms with Crippen molar-refractivity contribution >= 4 is 35.6 Å². The molecule has 0 aliphatic heterocycles. The molecule has 0 radical (unpaired) electrons. The van der Waals surface area contributed by atoms with Gasteiger partial charge >= 0.3 is 6.18 Å². The molecule has 6 nitrogen and oxygen atoms in total. The molecule has 2 aromatic heterocycles. The first kappa shape index (κ1) is 22.9. The molecule has 1 aromatic carbocycles. The van der Waals surface area contributed by atoms with E-state index in [0.29, 0.717) is 31.9 Å². The van der Waals surface area contributed by atoms with Gasteiger partial charge in [0.15, 0.2) is 11.6 Å². The van der Waals surface area contributed by atoms with E-state index in [1.165, 1.54) is 12.1 Å². The van der Waals surface area contributed by atoms with Crippen LogP contribution in [0.3, 0.4) is 0 Å². The first-order valence-electron chi connectivity index (χ1n) is 8.86. The molecule has 0 spiro atoms. The Morgan fingerprint density at radius 3 is 2.34 bits per heavy atom. The molecule has 0 amide bonds. The van der Waals surface area contributed by atoms with Crippen molar-refractivity contribution < 1.29 is 13.2 Å².